The number of aliphatic carboxylic acids is 1. The van der Waals surface area contributed by atoms with E-state index < -0.39 is 30.2 Å². The second kappa shape index (κ2) is 6.76. The average molecular weight is 301 g/mol. The number of nitrogens with one attached hydrogen (secondary N) is 1. The molecule has 1 rings (SSSR count). The second-order valence-electron chi connectivity index (χ2n) is 3.88. The van der Waals surface area contributed by atoms with Gasteiger partial charge in [0.05, 0.1) is 19.1 Å². The number of rotatable bonds is 6. The second-order valence-corrected chi connectivity index (χ2v) is 4.32. The molecule has 0 aliphatic rings. The number of ether oxygens (including phenoxy) is 1. The number of carboxylic acids is 1. The third-order valence-electron chi connectivity index (χ3n) is 2.42. The fourth-order valence-corrected chi connectivity index (χ4v) is 1.65. The van der Waals surface area contributed by atoms with E-state index in [-0.39, 0.29) is 11.3 Å². The minimum Gasteiger partial charge on any atom is -0.496 e. The van der Waals surface area contributed by atoms with Gasteiger partial charge in [-0.2, -0.15) is 0 Å². The van der Waals surface area contributed by atoms with Crippen molar-refractivity contribution in [3.05, 3.63) is 28.8 Å². The van der Waals surface area contributed by atoms with Gasteiger partial charge in [-0.15, -0.1) is 0 Å². The first kappa shape index (κ1) is 15.8. The molecule has 108 valence electrons. The molecule has 0 fully saturated rings. The van der Waals surface area contributed by atoms with Crippen molar-refractivity contribution in [1.29, 1.82) is 0 Å². The Balaban J connectivity index is 2.94. The molecule has 0 bridgehead atoms. The number of halogens is 1. The molecule has 0 spiro atoms. The summed E-state index contributed by atoms with van der Waals surface area (Å²) in [4.78, 5) is 33.7. The highest BCUT2D eigenvalue weighted by atomic mass is 35.5. The van der Waals surface area contributed by atoms with E-state index in [1.54, 1.807) is 0 Å². The average Bonchev–Trinajstić information content (AvgIpc) is 2.36. The number of carbonyl (C=O) groups excluding carboxylic acids is 2. The first-order valence-electron chi connectivity index (χ1n) is 5.50. The summed E-state index contributed by atoms with van der Waals surface area (Å²) >= 11 is 5.76. The summed E-state index contributed by atoms with van der Waals surface area (Å²) in [5, 5.41) is 11.5. The van der Waals surface area contributed by atoms with Gasteiger partial charge in [-0.3, -0.25) is 9.59 Å². The Morgan fingerprint density at radius 1 is 1.45 bits per heavy atom. The zero-order valence-corrected chi connectivity index (χ0v) is 11.3. The third-order valence-corrected chi connectivity index (χ3v) is 2.65. The van der Waals surface area contributed by atoms with Crippen LogP contribution < -0.4 is 15.8 Å². The van der Waals surface area contributed by atoms with Crippen molar-refractivity contribution < 1.29 is 24.2 Å². The van der Waals surface area contributed by atoms with Crippen LogP contribution in [0.25, 0.3) is 0 Å². The van der Waals surface area contributed by atoms with Crippen LogP contribution in [0, 0.1) is 0 Å². The smallest absolute Gasteiger partial charge is 0.326 e. The van der Waals surface area contributed by atoms with Crippen LogP contribution in [-0.4, -0.2) is 36.0 Å². The summed E-state index contributed by atoms with van der Waals surface area (Å²) in [7, 11) is 1.35. The predicted molar refractivity (Wildman–Crippen MR) is 70.7 cm³/mol. The minimum atomic E-state index is -1.40. The number of hydrogen-bond donors (Lipinski definition) is 3. The number of nitrogens with two attached hydrogens (primary N) is 1. The molecule has 20 heavy (non-hydrogen) atoms. The summed E-state index contributed by atoms with van der Waals surface area (Å²) in [6.07, 6.45) is -0.503. The number of benzene rings is 1. The van der Waals surface area contributed by atoms with Crippen molar-refractivity contribution in [2.75, 3.05) is 7.11 Å². The Morgan fingerprint density at radius 2 is 2.10 bits per heavy atom. The van der Waals surface area contributed by atoms with Crippen molar-refractivity contribution in [3.8, 4) is 5.75 Å². The zero-order chi connectivity index (χ0) is 15.3. The van der Waals surface area contributed by atoms with Crippen LogP contribution in [0.2, 0.25) is 5.02 Å². The zero-order valence-electron chi connectivity index (χ0n) is 10.6. The van der Waals surface area contributed by atoms with E-state index >= 15 is 0 Å². The third kappa shape index (κ3) is 4.13. The van der Waals surface area contributed by atoms with Crippen molar-refractivity contribution in [2.24, 2.45) is 5.73 Å². The summed E-state index contributed by atoms with van der Waals surface area (Å²) < 4.78 is 4.99. The van der Waals surface area contributed by atoms with Gasteiger partial charge in [0.25, 0.3) is 5.91 Å². The van der Waals surface area contributed by atoms with E-state index in [0.29, 0.717) is 5.02 Å². The first-order valence-corrected chi connectivity index (χ1v) is 5.88. The van der Waals surface area contributed by atoms with Crippen LogP contribution >= 0.6 is 11.6 Å². The minimum absolute atomic E-state index is 0.104. The van der Waals surface area contributed by atoms with Crippen molar-refractivity contribution >= 4 is 29.4 Å². The standard InChI is InChI=1S/C12H13ClN2O5/c1-20-9-4-6(13)2-3-7(9)11(17)15-8(12(18)19)5-10(14)16/h2-4,8H,5H2,1H3,(H2,14,16)(H,15,17)(H,18,19). The Labute approximate surface area is 119 Å². The molecule has 1 aromatic rings. The molecule has 1 atom stereocenters. The maximum Gasteiger partial charge on any atom is 0.326 e. The highest BCUT2D eigenvalue weighted by molar-refractivity contribution is 6.30. The van der Waals surface area contributed by atoms with Gasteiger partial charge in [0.1, 0.15) is 11.8 Å². The summed E-state index contributed by atoms with van der Waals surface area (Å²) in [5.41, 5.74) is 5.03. The van der Waals surface area contributed by atoms with Gasteiger partial charge in [0.15, 0.2) is 0 Å². The number of amides is 2. The lowest BCUT2D eigenvalue weighted by molar-refractivity contribution is -0.140. The molecule has 0 heterocycles. The molecule has 1 unspecified atom stereocenters. The highest BCUT2D eigenvalue weighted by Gasteiger charge is 2.24. The van der Waals surface area contributed by atoms with Gasteiger partial charge in [-0.1, -0.05) is 11.6 Å². The molecular formula is C12H13ClN2O5. The maximum absolute atomic E-state index is 12.0. The Hall–Kier alpha value is -2.28. The van der Waals surface area contributed by atoms with Gasteiger partial charge in [0, 0.05) is 5.02 Å². The maximum atomic E-state index is 12.0. The molecule has 8 heteroatoms. The molecule has 0 aliphatic carbocycles. The molecule has 0 aromatic heterocycles. The molecular weight excluding hydrogens is 288 g/mol. The molecule has 2 amide bonds. The molecule has 1 aromatic carbocycles. The highest BCUT2D eigenvalue weighted by Crippen LogP contribution is 2.23. The quantitative estimate of drug-likeness (QED) is 0.703. The predicted octanol–water partition coefficient (Wildman–Crippen LogP) is 0.407. The SMILES string of the molecule is COc1cc(Cl)ccc1C(=O)NC(CC(N)=O)C(=O)O. The number of hydrogen-bond acceptors (Lipinski definition) is 4. The summed E-state index contributed by atoms with van der Waals surface area (Å²) in [6.45, 7) is 0. The lowest BCUT2D eigenvalue weighted by Gasteiger charge is -2.14. The van der Waals surface area contributed by atoms with Crippen LogP contribution in [0.15, 0.2) is 18.2 Å². The van der Waals surface area contributed by atoms with Gasteiger partial charge >= 0.3 is 5.97 Å². The Kier molecular flexibility index (Phi) is 5.33. The normalized spacial score (nSPS) is 11.5. The number of carboxylic acid groups (broad SMARTS) is 1. The van der Waals surface area contributed by atoms with E-state index in [2.05, 4.69) is 5.32 Å². The van der Waals surface area contributed by atoms with Gasteiger partial charge in [-0.25, -0.2) is 4.79 Å². The van der Waals surface area contributed by atoms with Crippen LogP contribution in [0.3, 0.4) is 0 Å². The fraction of sp³-hybridized carbons (Fsp3) is 0.250. The van der Waals surface area contributed by atoms with Crippen LogP contribution in [-0.2, 0) is 9.59 Å². The van der Waals surface area contributed by atoms with Gasteiger partial charge in [0.2, 0.25) is 5.91 Å². The summed E-state index contributed by atoms with van der Waals surface area (Å²) in [6, 6.07) is 2.86. The number of primary amides is 1. The van der Waals surface area contributed by atoms with Crippen molar-refractivity contribution in [3.63, 3.8) is 0 Å². The van der Waals surface area contributed by atoms with Gasteiger partial charge < -0.3 is 20.9 Å². The molecule has 7 nitrogen and oxygen atoms in total. The lowest BCUT2D eigenvalue weighted by Crippen LogP contribution is -2.43. The van der Waals surface area contributed by atoms with Crippen LogP contribution in [0.5, 0.6) is 5.75 Å². The van der Waals surface area contributed by atoms with E-state index in [1.165, 1.54) is 25.3 Å². The van der Waals surface area contributed by atoms with E-state index in [4.69, 9.17) is 27.2 Å². The number of carbonyl (C=O) groups is 3. The largest absolute Gasteiger partial charge is 0.496 e. The van der Waals surface area contributed by atoms with Crippen LogP contribution in [0.4, 0.5) is 0 Å². The first-order chi connectivity index (χ1) is 9.35. The molecule has 0 saturated heterocycles. The van der Waals surface area contributed by atoms with Crippen LogP contribution in [0.1, 0.15) is 16.8 Å². The summed E-state index contributed by atoms with van der Waals surface area (Å²) in [5.74, 6) is -2.70. The topological polar surface area (TPSA) is 119 Å². The molecule has 4 N–H and O–H groups in total. The van der Waals surface area contributed by atoms with E-state index in [9.17, 15) is 14.4 Å². The lowest BCUT2D eigenvalue weighted by atomic mass is 10.1. The molecule has 0 aliphatic heterocycles. The van der Waals surface area contributed by atoms with E-state index in [1.807, 2.05) is 0 Å². The number of methoxy groups -OCH3 is 1. The van der Waals surface area contributed by atoms with Crippen molar-refractivity contribution in [2.45, 2.75) is 12.5 Å². The molecule has 0 radical (unpaired) electrons. The Morgan fingerprint density at radius 3 is 2.60 bits per heavy atom. The Bertz CT molecular complexity index is 547. The monoisotopic (exact) mass is 300 g/mol. The van der Waals surface area contributed by atoms with E-state index in [0.717, 1.165) is 0 Å². The van der Waals surface area contributed by atoms with Gasteiger partial charge in [-0.05, 0) is 18.2 Å². The fourth-order valence-electron chi connectivity index (χ4n) is 1.49. The van der Waals surface area contributed by atoms with Crippen molar-refractivity contribution in [1.82, 2.24) is 5.32 Å². The molecule has 0 saturated carbocycles.